The van der Waals surface area contributed by atoms with Crippen LogP contribution in [0.1, 0.15) is 27.9 Å². The molecule has 2 bridgehead atoms. The Labute approximate surface area is 192 Å². The quantitative estimate of drug-likeness (QED) is 0.508. The van der Waals surface area contributed by atoms with Gasteiger partial charge in [-0.15, -0.1) is 10.2 Å². The fraction of sp³-hybridized carbons (Fsp3) is 0.350. The summed E-state index contributed by atoms with van der Waals surface area (Å²) in [5.41, 5.74) is -2.39. The summed E-state index contributed by atoms with van der Waals surface area (Å²) in [6.07, 6.45) is -3.11. The SMILES string of the molecule is O=C(c1ccnc(C(F)(F)F)c1F)N1C2COCC1c1nnc(-c3cc(OC(F)F)ccn3)n1C2. The summed E-state index contributed by atoms with van der Waals surface area (Å²) in [5.74, 6) is -2.46. The Bertz CT molecular complexity index is 1280. The van der Waals surface area contributed by atoms with Gasteiger partial charge in [0.15, 0.2) is 23.2 Å². The molecule has 0 saturated carbocycles. The van der Waals surface area contributed by atoms with Crippen molar-refractivity contribution in [3.63, 3.8) is 0 Å². The fourth-order valence-corrected chi connectivity index (χ4v) is 4.17. The van der Waals surface area contributed by atoms with Crippen molar-refractivity contribution in [2.24, 2.45) is 0 Å². The number of morpholine rings is 1. The van der Waals surface area contributed by atoms with Crippen LogP contribution in [0, 0.1) is 5.82 Å². The Kier molecular flexibility index (Phi) is 5.57. The van der Waals surface area contributed by atoms with Gasteiger partial charge in [0.1, 0.15) is 17.5 Å². The third-order valence-corrected chi connectivity index (χ3v) is 5.59. The second-order valence-electron chi connectivity index (χ2n) is 7.69. The normalized spacial score (nSPS) is 19.6. The van der Waals surface area contributed by atoms with Gasteiger partial charge in [0.25, 0.3) is 5.91 Å². The summed E-state index contributed by atoms with van der Waals surface area (Å²) >= 11 is 0. The van der Waals surface area contributed by atoms with Crippen molar-refractivity contribution in [1.82, 2.24) is 29.6 Å². The average molecular weight is 500 g/mol. The molecule has 2 aliphatic rings. The highest BCUT2D eigenvalue weighted by Crippen LogP contribution is 2.37. The zero-order valence-electron chi connectivity index (χ0n) is 17.4. The minimum Gasteiger partial charge on any atom is -0.435 e. The van der Waals surface area contributed by atoms with Crippen LogP contribution < -0.4 is 4.74 Å². The molecule has 2 atom stereocenters. The van der Waals surface area contributed by atoms with Crippen molar-refractivity contribution in [2.75, 3.05) is 13.2 Å². The molecule has 3 aromatic rings. The Hall–Kier alpha value is -3.75. The van der Waals surface area contributed by atoms with Gasteiger partial charge >= 0.3 is 12.8 Å². The van der Waals surface area contributed by atoms with Gasteiger partial charge in [-0.25, -0.2) is 9.37 Å². The van der Waals surface area contributed by atoms with Crippen LogP contribution >= 0.6 is 0 Å². The van der Waals surface area contributed by atoms with E-state index in [1.165, 1.54) is 23.2 Å². The monoisotopic (exact) mass is 500 g/mol. The first-order valence-corrected chi connectivity index (χ1v) is 10.1. The summed E-state index contributed by atoms with van der Waals surface area (Å²) in [6, 6.07) is 1.78. The number of hydrogen-bond donors (Lipinski definition) is 0. The lowest BCUT2D eigenvalue weighted by atomic mass is 10.0. The second kappa shape index (κ2) is 8.48. The highest BCUT2D eigenvalue weighted by Gasteiger charge is 2.46. The molecule has 2 aliphatic heterocycles. The molecular weight excluding hydrogens is 486 g/mol. The zero-order chi connectivity index (χ0) is 24.9. The number of amides is 1. The number of alkyl halides is 5. The summed E-state index contributed by atoms with van der Waals surface area (Å²) in [6.45, 7) is -3.05. The molecule has 35 heavy (non-hydrogen) atoms. The van der Waals surface area contributed by atoms with Crippen molar-refractivity contribution in [3.8, 4) is 17.3 Å². The van der Waals surface area contributed by atoms with Crippen LogP contribution in [0.25, 0.3) is 11.5 Å². The predicted octanol–water partition coefficient (Wildman–Crippen LogP) is 3.09. The molecule has 5 heterocycles. The van der Waals surface area contributed by atoms with Gasteiger partial charge in [0, 0.05) is 25.0 Å². The highest BCUT2D eigenvalue weighted by molar-refractivity contribution is 5.95. The van der Waals surface area contributed by atoms with E-state index in [0.717, 1.165) is 12.3 Å². The molecule has 0 radical (unpaired) electrons. The Morgan fingerprint density at radius 3 is 2.66 bits per heavy atom. The maximum absolute atomic E-state index is 14.6. The van der Waals surface area contributed by atoms with Crippen molar-refractivity contribution in [3.05, 3.63) is 53.5 Å². The standard InChI is InChI=1S/C20H14F6N6O3/c21-14-11(2-4-28-15(14)20(24,25)26)18(33)32-9-6-31-16(29-30-17(31)13(32)8-34-7-9)12-5-10(1-3-27-12)35-19(22)23/h1-5,9,13,19H,6-8H2. The van der Waals surface area contributed by atoms with Crippen LogP contribution in [0.3, 0.4) is 0 Å². The van der Waals surface area contributed by atoms with Gasteiger partial charge in [-0.2, -0.15) is 22.0 Å². The molecule has 2 unspecified atom stereocenters. The lowest BCUT2D eigenvalue weighted by Gasteiger charge is -2.45. The molecule has 3 aromatic heterocycles. The summed E-state index contributed by atoms with van der Waals surface area (Å²) < 4.78 is 90.6. The fourth-order valence-electron chi connectivity index (χ4n) is 4.17. The number of carbonyl (C=O) groups is 1. The van der Waals surface area contributed by atoms with Crippen LogP contribution in [0.15, 0.2) is 30.6 Å². The first-order valence-electron chi connectivity index (χ1n) is 10.1. The van der Waals surface area contributed by atoms with Crippen LogP contribution in [0.2, 0.25) is 0 Å². The molecule has 0 N–H and O–H groups in total. The molecular formula is C20H14F6N6O3. The number of nitrogens with zero attached hydrogens (tertiary/aromatic N) is 6. The summed E-state index contributed by atoms with van der Waals surface area (Å²) in [5, 5.41) is 8.13. The molecule has 0 aromatic carbocycles. The third kappa shape index (κ3) is 4.05. The summed E-state index contributed by atoms with van der Waals surface area (Å²) in [4.78, 5) is 21.6. The molecule has 1 amide bonds. The Morgan fingerprint density at radius 2 is 1.91 bits per heavy atom. The molecule has 0 aliphatic carbocycles. The van der Waals surface area contributed by atoms with E-state index < -0.39 is 47.9 Å². The lowest BCUT2D eigenvalue weighted by molar-refractivity contribution is -0.143. The number of carbonyl (C=O) groups excluding carboxylic acids is 1. The van der Waals surface area contributed by atoms with Gasteiger partial charge in [-0.1, -0.05) is 0 Å². The van der Waals surface area contributed by atoms with Crippen LogP contribution in [-0.2, 0) is 17.5 Å². The maximum atomic E-state index is 14.6. The van der Waals surface area contributed by atoms with E-state index in [0.29, 0.717) is 0 Å². The number of hydrogen-bond acceptors (Lipinski definition) is 7. The molecule has 5 rings (SSSR count). The number of pyridine rings is 2. The molecule has 1 fully saturated rings. The molecule has 9 nitrogen and oxygen atoms in total. The van der Waals surface area contributed by atoms with Gasteiger partial charge < -0.3 is 18.9 Å². The maximum Gasteiger partial charge on any atom is 0.436 e. The van der Waals surface area contributed by atoms with E-state index >= 15 is 0 Å². The number of ether oxygens (including phenoxy) is 2. The van der Waals surface area contributed by atoms with Crippen molar-refractivity contribution < 1.29 is 40.6 Å². The van der Waals surface area contributed by atoms with Gasteiger partial charge in [0.2, 0.25) is 0 Å². The van der Waals surface area contributed by atoms with Crippen molar-refractivity contribution in [1.29, 1.82) is 0 Å². The van der Waals surface area contributed by atoms with E-state index in [4.69, 9.17) is 4.74 Å². The Balaban J connectivity index is 1.51. The van der Waals surface area contributed by atoms with E-state index in [1.54, 1.807) is 4.57 Å². The van der Waals surface area contributed by atoms with Crippen LogP contribution in [0.4, 0.5) is 26.3 Å². The Morgan fingerprint density at radius 1 is 1.14 bits per heavy atom. The first-order chi connectivity index (χ1) is 16.6. The predicted molar refractivity (Wildman–Crippen MR) is 103 cm³/mol. The van der Waals surface area contributed by atoms with Gasteiger partial charge in [-0.05, 0) is 12.1 Å². The summed E-state index contributed by atoms with van der Waals surface area (Å²) in [7, 11) is 0. The van der Waals surface area contributed by atoms with E-state index in [-0.39, 0.29) is 42.9 Å². The number of aromatic nitrogens is 5. The minimum absolute atomic E-state index is 0.0140. The van der Waals surface area contributed by atoms with Gasteiger partial charge in [0.05, 0.1) is 24.8 Å². The van der Waals surface area contributed by atoms with Crippen molar-refractivity contribution >= 4 is 5.91 Å². The third-order valence-electron chi connectivity index (χ3n) is 5.59. The first kappa shape index (κ1) is 23.0. The lowest BCUT2D eigenvalue weighted by Crippen LogP contribution is -2.56. The second-order valence-corrected chi connectivity index (χ2v) is 7.69. The van der Waals surface area contributed by atoms with Crippen LogP contribution in [0.5, 0.6) is 5.75 Å². The zero-order valence-corrected chi connectivity index (χ0v) is 17.4. The van der Waals surface area contributed by atoms with Crippen molar-refractivity contribution in [2.45, 2.75) is 31.4 Å². The van der Waals surface area contributed by atoms with E-state index in [2.05, 4.69) is 24.9 Å². The number of halogens is 6. The minimum atomic E-state index is -5.08. The van der Waals surface area contributed by atoms with Crippen LogP contribution in [-0.4, -0.2) is 61.4 Å². The highest BCUT2D eigenvalue weighted by atomic mass is 19.4. The smallest absolute Gasteiger partial charge is 0.435 e. The number of rotatable bonds is 4. The molecule has 15 heteroatoms. The topological polar surface area (TPSA) is 95.3 Å². The van der Waals surface area contributed by atoms with E-state index in [1.807, 2.05) is 0 Å². The van der Waals surface area contributed by atoms with Gasteiger partial charge in [-0.3, -0.25) is 9.78 Å². The largest absolute Gasteiger partial charge is 0.436 e. The molecule has 1 saturated heterocycles. The molecule has 0 spiro atoms. The number of fused-ring (bicyclic) bond motifs is 4. The van der Waals surface area contributed by atoms with E-state index in [9.17, 15) is 31.1 Å². The average Bonchev–Trinajstić information content (AvgIpc) is 3.21. The molecule has 184 valence electrons.